The third kappa shape index (κ3) is 6.42. The summed E-state index contributed by atoms with van der Waals surface area (Å²) < 4.78 is 34.9. The molecule has 1 unspecified atom stereocenters. The number of nitrogens with two attached hydrogens (primary N) is 1. The highest BCUT2D eigenvalue weighted by Crippen LogP contribution is 2.24. The summed E-state index contributed by atoms with van der Waals surface area (Å²) in [7, 11) is 0. The SMILES string of the molecule is CC(O)(CN)CCCC(F)(F)F. The summed E-state index contributed by atoms with van der Waals surface area (Å²) in [6.45, 7) is 1.42. The first-order valence-corrected chi connectivity index (χ1v) is 3.76. The fraction of sp³-hybridized carbons (Fsp3) is 1.00. The van der Waals surface area contributed by atoms with Gasteiger partial charge in [-0.1, -0.05) is 0 Å². The summed E-state index contributed by atoms with van der Waals surface area (Å²) in [5.41, 5.74) is 3.96. The Balaban J connectivity index is 3.57. The van der Waals surface area contributed by atoms with Crippen molar-refractivity contribution in [2.45, 2.75) is 38.0 Å². The zero-order chi connectivity index (χ0) is 9.83. The van der Waals surface area contributed by atoms with Gasteiger partial charge in [0.15, 0.2) is 0 Å². The maximum Gasteiger partial charge on any atom is 0.389 e. The molecule has 12 heavy (non-hydrogen) atoms. The van der Waals surface area contributed by atoms with Crippen molar-refractivity contribution in [1.29, 1.82) is 0 Å². The lowest BCUT2D eigenvalue weighted by Crippen LogP contribution is -2.34. The molecule has 0 bridgehead atoms. The van der Waals surface area contributed by atoms with Gasteiger partial charge in [0.25, 0.3) is 0 Å². The van der Waals surface area contributed by atoms with Crippen LogP contribution in [-0.2, 0) is 0 Å². The van der Waals surface area contributed by atoms with Crippen LogP contribution in [0.1, 0.15) is 26.2 Å². The summed E-state index contributed by atoms with van der Waals surface area (Å²) in [5.74, 6) is 0. The number of hydrogen-bond donors (Lipinski definition) is 2. The Morgan fingerprint density at radius 1 is 1.25 bits per heavy atom. The van der Waals surface area contributed by atoms with Gasteiger partial charge in [-0.15, -0.1) is 0 Å². The lowest BCUT2D eigenvalue weighted by molar-refractivity contribution is -0.137. The van der Waals surface area contributed by atoms with Crippen molar-refractivity contribution in [3.63, 3.8) is 0 Å². The predicted molar refractivity (Wildman–Crippen MR) is 39.6 cm³/mol. The molecule has 0 aliphatic heterocycles. The van der Waals surface area contributed by atoms with Gasteiger partial charge >= 0.3 is 6.18 Å². The van der Waals surface area contributed by atoms with E-state index in [9.17, 15) is 18.3 Å². The number of rotatable bonds is 4. The Bertz CT molecular complexity index is 133. The van der Waals surface area contributed by atoms with E-state index in [1.54, 1.807) is 0 Å². The van der Waals surface area contributed by atoms with Gasteiger partial charge in [-0.25, -0.2) is 0 Å². The molecule has 5 heteroatoms. The summed E-state index contributed by atoms with van der Waals surface area (Å²) in [6.07, 6.45) is -4.98. The molecule has 0 rings (SSSR count). The molecule has 0 aliphatic carbocycles. The number of hydrogen-bond acceptors (Lipinski definition) is 2. The van der Waals surface area contributed by atoms with Gasteiger partial charge in [-0.05, 0) is 19.8 Å². The van der Waals surface area contributed by atoms with Crippen molar-refractivity contribution < 1.29 is 18.3 Å². The highest BCUT2D eigenvalue weighted by atomic mass is 19.4. The first kappa shape index (κ1) is 11.7. The van der Waals surface area contributed by atoms with Crippen molar-refractivity contribution in [3.05, 3.63) is 0 Å². The van der Waals surface area contributed by atoms with Crippen molar-refractivity contribution >= 4 is 0 Å². The van der Waals surface area contributed by atoms with Crippen LogP contribution in [0.4, 0.5) is 13.2 Å². The molecule has 0 amide bonds. The molecular weight excluding hydrogens is 171 g/mol. The van der Waals surface area contributed by atoms with E-state index in [0.717, 1.165) is 0 Å². The van der Waals surface area contributed by atoms with E-state index in [4.69, 9.17) is 5.73 Å². The second kappa shape index (κ2) is 4.09. The second-order valence-electron chi connectivity index (χ2n) is 3.17. The van der Waals surface area contributed by atoms with Crippen LogP contribution in [0.5, 0.6) is 0 Å². The minimum absolute atomic E-state index is 0.00907. The minimum Gasteiger partial charge on any atom is -0.389 e. The monoisotopic (exact) mass is 185 g/mol. The van der Waals surface area contributed by atoms with Crippen molar-refractivity contribution in [3.8, 4) is 0 Å². The average molecular weight is 185 g/mol. The smallest absolute Gasteiger partial charge is 0.389 e. The van der Waals surface area contributed by atoms with Gasteiger partial charge < -0.3 is 10.8 Å². The normalized spacial score (nSPS) is 17.5. The number of aliphatic hydroxyl groups is 1. The second-order valence-corrected chi connectivity index (χ2v) is 3.17. The molecule has 0 aliphatic rings. The van der Waals surface area contributed by atoms with E-state index in [0.29, 0.717) is 0 Å². The highest BCUT2D eigenvalue weighted by molar-refractivity contribution is 4.73. The maximum absolute atomic E-state index is 11.6. The van der Waals surface area contributed by atoms with Crippen LogP contribution in [0.25, 0.3) is 0 Å². The van der Waals surface area contributed by atoms with Crippen LogP contribution >= 0.6 is 0 Å². The molecule has 0 heterocycles. The Kier molecular flexibility index (Phi) is 3.99. The van der Waals surface area contributed by atoms with Crippen LogP contribution in [0, 0.1) is 0 Å². The molecule has 0 saturated carbocycles. The van der Waals surface area contributed by atoms with Gasteiger partial charge in [-0.2, -0.15) is 13.2 Å². The molecule has 74 valence electrons. The first-order chi connectivity index (χ1) is 5.27. The van der Waals surface area contributed by atoms with Crippen LogP contribution in [-0.4, -0.2) is 23.4 Å². The molecule has 1 atom stereocenters. The largest absolute Gasteiger partial charge is 0.389 e. The van der Waals surface area contributed by atoms with E-state index in [-0.39, 0.29) is 19.4 Å². The van der Waals surface area contributed by atoms with E-state index in [1.807, 2.05) is 0 Å². The third-order valence-corrected chi connectivity index (χ3v) is 1.62. The zero-order valence-corrected chi connectivity index (χ0v) is 6.99. The van der Waals surface area contributed by atoms with E-state index in [2.05, 4.69) is 0 Å². The summed E-state index contributed by atoms with van der Waals surface area (Å²) in [5, 5.41) is 9.23. The van der Waals surface area contributed by atoms with E-state index >= 15 is 0 Å². The minimum atomic E-state index is -4.13. The Morgan fingerprint density at radius 2 is 1.75 bits per heavy atom. The van der Waals surface area contributed by atoms with Crippen molar-refractivity contribution in [2.24, 2.45) is 5.73 Å². The molecule has 0 aromatic carbocycles. The molecular formula is C7H14F3NO. The van der Waals surface area contributed by atoms with Crippen molar-refractivity contribution in [1.82, 2.24) is 0 Å². The van der Waals surface area contributed by atoms with Gasteiger partial charge in [0.2, 0.25) is 0 Å². The third-order valence-electron chi connectivity index (χ3n) is 1.62. The van der Waals surface area contributed by atoms with Crippen molar-refractivity contribution in [2.75, 3.05) is 6.54 Å². The number of alkyl halides is 3. The molecule has 0 spiro atoms. The lowest BCUT2D eigenvalue weighted by Gasteiger charge is -2.20. The van der Waals surface area contributed by atoms with Crippen LogP contribution < -0.4 is 5.73 Å². The fourth-order valence-corrected chi connectivity index (χ4v) is 0.772. The standard InChI is InChI=1S/C7H14F3NO/c1-6(12,5-11)3-2-4-7(8,9)10/h12H,2-5,11H2,1H3. The Labute approximate surface area is 69.6 Å². The van der Waals surface area contributed by atoms with Gasteiger partial charge in [-0.3, -0.25) is 0 Å². The molecule has 0 fully saturated rings. The Morgan fingerprint density at radius 3 is 2.08 bits per heavy atom. The molecule has 0 radical (unpaired) electrons. The number of halogens is 3. The van der Waals surface area contributed by atoms with E-state index in [1.165, 1.54) is 6.92 Å². The Hall–Kier alpha value is -0.290. The fourth-order valence-electron chi connectivity index (χ4n) is 0.772. The molecule has 0 saturated heterocycles. The first-order valence-electron chi connectivity index (χ1n) is 3.76. The van der Waals surface area contributed by atoms with Gasteiger partial charge in [0.05, 0.1) is 5.60 Å². The summed E-state index contributed by atoms with van der Waals surface area (Å²) >= 11 is 0. The molecule has 2 nitrogen and oxygen atoms in total. The van der Waals surface area contributed by atoms with Crippen LogP contribution in [0.2, 0.25) is 0 Å². The summed E-state index contributed by atoms with van der Waals surface area (Å²) in [6, 6.07) is 0. The topological polar surface area (TPSA) is 46.2 Å². The van der Waals surface area contributed by atoms with Crippen LogP contribution in [0.15, 0.2) is 0 Å². The van der Waals surface area contributed by atoms with E-state index < -0.39 is 18.2 Å². The quantitative estimate of drug-likeness (QED) is 0.696. The van der Waals surface area contributed by atoms with Gasteiger partial charge in [0.1, 0.15) is 0 Å². The zero-order valence-electron chi connectivity index (χ0n) is 6.99. The maximum atomic E-state index is 11.6. The predicted octanol–water partition coefficient (Wildman–Crippen LogP) is 1.43. The molecule has 0 aromatic rings. The highest BCUT2D eigenvalue weighted by Gasteiger charge is 2.28. The van der Waals surface area contributed by atoms with Crippen LogP contribution in [0.3, 0.4) is 0 Å². The van der Waals surface area contributed by atoms with Gasteiger partial charge in [0, 0.05) is 13.0 Å². The molecule has 3 N–H and O–H groups in total. The average Bonchev–Trinajstić information content (AvgIpc) is 1.84. The molecule has 0 aromatic heterocycles. The lowest BCUT2D eigenvalue weighted by atomic mass is 9.99. The summed E-state index contributed by atoms with van der Waals surface area (Å²) in [4.78, 5) is 0.